The van der Waals surface area contributed by atoms with Crippen molar-refractivity contribution < 1.29 is 0 Å². The van der Waals surface area contributed by atoms with Gasteiger partial charge >= 0.3 is 0 Å². The van der Waals surface area contributed by atoms with E-state index < -0.39 is 0 Å². The van der Waals surface area contributed by atoms with Crippen molar-refractivity contribution in [3.05, 3.63) is 47.4 Å². The van der Waals surface area contributed by atoms with Gasteiger partial charge in [-0.1, -0.05) is 24.3 Å². The largest absolute Gasteiger partial charge is 0.307 e. The van der Waals surface area contributed by atoms with E-state index in [0.29, 0.717) is 6.04 Å². The monoisotopic (exact) mass is 253 g/mol. The van der Waals surface area contributed by atoms with Gasteiger partial charge < -0.3 is 5.32 Å². The number of aryl methyl sites for hydroxylation is 2. The van der Waals surface area contributed by atoms with E-state index in [-0.39, 0.29) is 0 Å². The van der Waals surface area contributed by atoms with Gasteiger partial charge in [0.2, 0.25) is 0 Å². The number of hydrogen-bond acceptors (Lipinski definition) is 3. The fourth-order valence-corrected chi connectivity index (χ4v) is 2.23. The average Bonchev–Trinajstić information content (AvgIpc) is 3.20. The van der Waals surface area contributed by atoms with Crippen molar-refractivity contribution in [2.75, 3.05) is 0 Å². The third-order valence-electron chi connectivity index (χ3n) is 3.45. The van der Waals surface area contributed by atoms with E-state index in [4.69, 9.17) is 4.98 Å². The minimum absolute atomic E-state index is 0.686. The number of nitrogens with one attached hydrogen (secondary N) is 1. The lowest BCUT2D eigenvalue weighted by Gasteiger charge is -2.09. The minimum Gasteiger partial charge on any atom is -0.307 e. The Bertz CT molecular complexity index is 588. The number of aromatic nitrogens is 2. The molecule has 0 aliphatic heterocycles. The molecule has 3 rings (SSSR count). The third kappa shape index (κ3) is 2.99. The van der Waals surface area contributed by atoms with Crippen molar-refractivity contribution in [2.45, 2.75) is 39.3 Å². The van der Waals surface area contributed by atoms with Crippen LogP contribution in [0.25, 0.3) is 11.3 Å². The fourth-order valence-electron chi connectivity index (χ4n) is 2.23. The molecule has 1 aliphatic rings. The summed E-state index contributed by atoms with van der Waals surface area (Å²) in [6, 6.07) is 11.1. The minimum atomic E-state index is 0.686. The van der Waals surface area contributed by atoms with Gasteiger partial charge in [-0.2, -0.15) is 0 Å². The van der Waals surface area contributed by atoms with Crippen molar-refractivity contribution in [1.29, 1.82) is 0 Å². The normalized spacial score (nSPS) is 14.6. The second-order valence-corrected chi connectivity index (χ2v) is 5.28. The third-order valence-corrected chi connectivity index (χ3v) is 3.45. The van der Waals surface area contributed by atoms with Crippen LogP contribution in [0.1, 0.15) is 29.9 Å². The van der Waals surface area contributed by atoms with Crippen LogP contribution in [0.15, 0.2) is 30.3 Å². The van der Waals surface area contributed by atoms with Crippen molar-refractivity contribution in [3.8, 4) is 11.3 Å². The van der Waals surface area contributed by atoms with Gasteiger partial charge in [0.15, 0.2) is 0 Å². The lowest BCUT2D eigenvalue weighted by atomic mass is 10.1. The molecule has 2 aromatic rings. The molecule has 1 fully saturated rings. The molecular weight excluding hydrogens is 234 g/mol. The summed E-state index contributed by atoms with van der Waals surface area (Å²) in [5, 5.41) is 3.47. The Morgan fingerprint density at radius 2 is 1.95 bits per heavy atom. The van der Waals surface area contributed by atoms with Crippen LogP contribution >= 0.6 is 0 Å². The number of hydrogen-bond donors (Lipinski definition) is 1. The molecule has 0 amide bonds. The van der Waals surface area contributed by atoms with Crippen LogP contribution in [0.5, 0.6) is 0 Å². The highest BCUT2D eigenvalue weighted by atomic mass is 15.0. The standard InChI is InChI=1S/C16H19N3/c1-11-5-3-4-6-14(11)15-9-12(2)18-16(19-15)10-17-13-7-8-13/h3-6,9,13,17H,7-8,10H2,1-2H3. The molecule has 1 N–H and O–H groups in total. The van der Waals surface area contributed by atoms with E-state index in [2.05, 4.69) is 47.6 Å². The quantitative estimate of drug-likeness (QED) is 0.910. The van der Waals surface area contributed by atoms with E-state index in [0.717, 1.165) is 23.8 Å². The average molecular weight is 253 g/mol. The molecule has 3 nitrogen and oxygen atoms in total. The van der Waals surface area contributed by atoms with Crippen LogP contribution in [0.3, 0.4) is 0 Å². The molecule has 0 unspecified atom stereocenters. The Balaban J connectivity index is 1.90. The van der Waals surface area contributed by atoms with Gasteiger partial charge in [-0.15, -0.1) is 0 Å². The van der Waals surface area contributed by atoms with Gasteiger partial charge in [-0.25, -0.2) is 9.97 Å². The van der Waals surface area contributed by atoms with Crippen LogP contribution in [0.2, 0.25) is 0 Å². The lowest BCUT2D eigenvalue weighted by Crippen LogP contribution is -2.17. The summed E-state index contributed by atoms with van der Waals surface area (Å²) < 4.78 is 0. The first kappa shape index (κ1) is 12.3. The summed E-state index contributed by atoms with van der Waals surface area (Å²) in [7, 11) is 0. The molecule has 1 aromatic carbocycles. The Labute approximate surface area is 114 Å². The van der Waals surface area contributed by atoms with Crippen LogP contribution in [-0.2, 0) is 6.54 Å². The van der Waals surface area contributed by atoms with Gasteiger partial charge in [0.1, 0.15) is 5.82 Å². The molecule has 0 atom stereocenters. The van der Waals surface area contributed by atoms with E-state index >= 15 is 0 Å². The molecule has 98 valence electrons. The SMILES string of the molecule is Cc1cc(-c2ccccc2C)nc(CNC2CC2)n1. The summed E-state index contributed by atoms with van der Waals surface area (Å²) in [4.78, 5) is 9.21. The highest BCUT2D eigenvalue weighted by molar-refractivity contribution is 5.63. The molecule has 1 aliphatic carbocycles. The van der Waals surface area contributed by atoms with Crippen molar-refractivity contribution in [3.63, 3.8) is 0 Å². The second kappa shape index (κ2) is 5.10. The Hall–Kier alpha value is -1.74. The number of benzene rings is 1. The van der Waals surface area contributed by atoms with E-state index in [9.17, 15) is 0 Å². The molecule has 0 spiro atoms. The van der Waals surface area contributed by atoms with Gasteiger partial charge in [0.05, 0.1) is 12.2 Å². The Kier molecular flexibility index (Phi) is 3.30. The molecule has 0 saturated heterocycles. The number of rotatable bonds is 4. The van der Waals surface area contributed by atoms with Gasteiger partial charge in [0.25, 0.3) is 0 Å². The molecule has 1 saturated carbocycles. The zero-order chi connectivity index (χ0) is 13.2. The first-order valence-corrected chi connectivity index (χ1v) is 6.86. The molecular formula is C16H19N3. The zero-order valence-electron chi connectivity index (χ0n) is 11.5. The fraction of sp³-hybridized carbons (Fsp3) is 0.375. The molecule has 3 heteroatoms. The molecule has 0 bridgehead atoms. The summed E-state index contributed by atoms with van der Waals surface area (Å²) >= 11 is 0. The first-order valence-electron chi connectivity index (χ1n) is 6.86. The maximum atomic E-state index is 4.69. The van der Waals surface area contributed by atoms with Crippen molar-refractivity contribution in [1.82, 2.24) is 15.3 Å². The second-order valence-electron chi connectivity index (χ2n) is 5.28. The Morgan fingerprint density at radius 1 is 1.16 bits per heavy atom. The summed E-state index contributed by atoms with van der Waals surface area (Å²) in [5.74, 6) is 0.894. The lowest BCUT2D eigenvalue weighted by molar-refractivity contribution is 0.656. The highest BCUT2D eigenvalue weighted by Gasteiger charge is 2.20. The molecule has 19 heavy (non-hydrogen) atoms. The maximum absolute atomic E-state index is 4.69. The van der Waals surface area contributed by atoms with Gasteiger partial charge in [-0.3, -0.25) is 0 Å². The first-order chi connectivity index (χ1) is 9.22. The molecule has 1 aromatic heterocycles. The maximum Gasteiger partial charge on any atom is 0.143 e. The summed E-state index contributed by atoms with van der Waals surface area (Å²) in [5.41, 5.74) is 4.50. The van der Waals surface area contributed by atoms with E-state index in [1.54, 1.807) is 0 Å². The number of nitrogens with zero attached hydrogens (tertiary/aromatic N) is 2. The van der Waals surface area contributed by atoms with Gasteiger partial charge in [0, 0.05) is 17.3 Å². The Morgan fingerprint density at radius 3 is 2.68 bits per heavy atom. The van der Waals surface area contributed by atoms with E-state index in [1.807, 2.05) is 6.92 Å². The van der Waals surface area contributed by atoms with Crippen LogP contribution in [0.4, 0.5) is 0 Å². The van der Waals surface area contributed by atoms with E-state index in [1.165, 1.54) is 24.0 Å². The van der Waals surface area contributed by atoms with Gasteiger partial charge in [-0.05, 0) is 38.3 Å². The zero-order valence-corrected chi connectivity index (χ0v) is 11.5. The predicted octanol–water partition coefficient (Wildman–Crippen LogP) is 3.01. The van der Waals surface area contributed by atoms with Crippen LogP contribution < -0.4 is 5.32 Å². The summed E-state index contributed by atoms with van der Waals surface area (Å²) in [6.45, 7) is 4.92. The van der Waals surface area contributed by atoms with Crippen molar-refractivity contribution in [2.24, 2.45) is 0 Å². The predicted molar refractivity (Wildman–Crippen MR) is 76.8 cm³/mol. The molecule has 1 heterocycles. The topological polar surface area (TPSA) is 37.8 Å². The molecule has 0 radical (unpaired) electrons. The van der Waals surface area contributed by atoms with Crippen LogP contribution in [-0.4, -0.2) is 16.0 Å². The van der Waals surface area contributed by atoms with Crippen molar-refractivity contribution >= 4 is 0 Å². The smallest absolute Gasteiger partial charge is 0.143 e. The highest BCUT2D eigenvalue weighted by Crippen LogP contribution is 2.22. The van der Waals surface area contributed by atoms with Crippen LogP contribution in [0, 0.1) is 13.8 Å². The summed E-state index contributed by atoms with van der Waals surface area (Å²) in [6.07, 6.45) is 2.58.